The Labute approximate surface area is 286 Å². The van der Waals surface area contributed by atoms with E-state index >= 15 is 4.39 Å². The first-order chi connectivity index (χ1) is 24.2. The third kappa shape index (κ3) is 8.16. The van der Waals surface area contributed by atoms with Gasteiger partial charge in [0.15, 0.2) is 0 Å². The highest BCUT2D eigenvalue weighted by atomic mass is 19.1. The van der Waals surface area contributed by atoms with E-state index in [0.29, 0.717) is 42.9 Å². The monoisotopic (exact) mass is 657 g/mol. The molecule has 1 N–H and O–H groups in total. The number of aromatic nitrogens is 1. The van der Waals surface area contributed by atoms with Gasteiger partial charge in [-0.2, -0.15) is 0 Å². The number of H-pyrrole nitrogens is 1. The minimum Gasteiger partial charge on any atom is -0.374 e. The Morgan fingerprint density at radius 2 is 1.02 bits per heavy atom. The van der Waals surface area contributed by atoms with Gasteiger partial charge < -0.3 is 28.7 Å². The molecule has 0 aliphatic carbocycles. The molecule has 1 fully saturated rings. The zero-order valence-electron chi connectivity index (χ0n) is 27.2. The predicted molar refractivity (Wildman–Crippen MR) is 187 cm³/mol. The predicted octanol–water partition coefficient (Wildman–Crippen LogP) is 8.72. The number of aromatic amines is 1. The number of rotatable bonds is 14. The van der Waals surface area contributed by atoms with Crippen LogP contribution in [0.4, 0.5) is 4.39 Å². The third-order valence-corrected chi connectivity index (χ3v) is 8.88. The van der Waals surface area contributed by atoms with Crippen molar-refractivity contribution in [3.8, 4) is 0 Å². The van der Waals surface area contributed by atoms with Gasteiger partial charge in [0.1, 0.15) is 36.3 Å². The topological polar surface area (TPSA) is 61.9 Å². The molecule has 6 nitrogen and oxygen atoms in total. The first-order valence-corrected chi connectivity index (χ1v) is 16.7. The lowest BCUT2D eigenvalue weighted by atomic mass is 9.90. The molecule has 0 radical (unpaired) electrons. The highest BCUT2D eigenvalue weighted by molar-refractivity contribution is 5.84. The van der Waals surface area contributed by atoms with E-state index in [1.54, 1.807) is 6.07 Å². The summed E-state index contributed by atoms with van der Waals surface area (Å²) in [5.74, 6) is -0.333. The molecule has 6 aromatic rings. The quantitative estimate of drug-likeness (QED) is 0.127. The number of hydrogen-bond donors (Lipinski definition) is 1. The van der Waals surface area contributed by atoms with Crippen LogP contribution >= 0.6 is 0 Å². The van der Waals surface area contributed by atoms with Crippen LogP contribution in [0.25, 0.3) is 10.9 Å². The smallest absolute Gasteiger partial charge is 0.132 e. The highest BCUT2D eigenvalue weighted by Gasteiger charge is 2.49. The van der Waals surface area contributed by atoms with E-state index in [-0.39, 0.29) is 12.4 Å². The van der Waals surface area contributed by atoms with E-state index < -0.39 is 30.5 Å². The molecule has 0 unspecified atom stereocenters. The molecule has 5 aromatic carbocycles. The van der Waals surface area contributed by atoms with Gasteiger partial charge >= 0.3 is 0 Å². The summed E-state index contributed by atoms with van der Waals surface area (Å²) in [7, 11) is 0. The van der Waals surface area contributed by atoms with Gasteiger partial charge in [-0.1, -0.05) is 127 Å². The van der Waals surface area contributed by atoms with Crippen LogP contribution in [-0.2, 0) is 50.1 Å². The van der Waals surface area contributed by atoms with Crippen molar-refractivity contribution in [2.75, 3.05) is 6.61 Å². The molecule has 1 aliphatic rings. The summed E-state index contributed by atoms with van der Waals surface area (Å²) in [4.78, 5) is 3.25. The SMILES string of the molecule is Fc1cccc2[nH]cc([C@@H]3O[C@H](COCc4ccccc4)[C@@H](OCc4ccccc4)[C@H](OCc4ccccc4)[C@H]3OCc3ccccc3)c12. The summed E-state index contributed by atoms with van der Waals surface area (Å²) in [5, 5.41) is 0.468. The lowest BCUT2D eigenvalue weighted by Gasteiger charge is -2.46. The van der Waals surface area contributed by atoms with Crippen molar-refractivity contribution in [3.63, 3.8) is 0 Å². The first kappa shape index (κ1) is 32.9. The Hall–Kier alpha value is -4.63. The number of hydrogen-bond acceptors (Lipinski definition) is 5. The van der Waals surface area contributed by atoms with E-state index in [2.05, 4.69) is 4.98 Å². The van der Waals surface area contributed by atoms with Gasteiger partial charge in [0.05, 0.1) is 33.0 Å². The molecule has 0 bridgehead atoms. The molecule has 5 atom stereocenters. The van der Waals surface area contributed by atoms with E-state index in [1.165, 1.54) is 6.07 Å². The van der Waals surface area contributed by atoms with Gasteiger partial charge in [0.25, 0.3) is 0 Å². The summed E-state index contributed by atoms with van der Waals surface area (Å²) in [6, 6.07) is 45.1. The fourth-order valence-corrected chi connectivity index (χ4v) is 6.43. The fraction of sp³-hybridized carbons (Fsp3) is 0.238. The van der Waals surface area contributed by atoms with Crippen molar-refractivity contribution in [1.29, 1.82) is 0 Å². The van der Waals surface area contributed by atoms with Crippen LogP contribution in [0.1, 0.15) is 33.9 Å². The second-order valence-corrected chi connectivity index (χ2v) is 12.3. The molecule has 1 aliphatic heterocycles. The van der Waals surface area contributed by atoms with Gasteiger partial charge in [-0.3, -0.25) is 0 Å². The Morgan fingerprint density at radius 1 is 0.531 bits per heavy atom. The van der Waals surface area contributed by atoms with Crippen LogP contribution in [0.5, 0.6) is 0 Å². The molecule has 250 valence electrons. The largest absolute Gasteiger partial charge is 0.374 e. The van der Waals surface area contributed by atoms with Crippen LogP contribution in [0.3, 0.4) is 0 Å². The van der Waals surface area contributed by atoms with Crippen LogP contribution in [0, 0.1) is 5.82 Å². The van der Waals surface area contributed by atoms with Crippen molar-refractivity contribution in [1.82, 2.24) is 4.98 Å². The zero-order chi connectivity index (χ0) is 33.3. The van der Waals surface area contributed by atoms with Crippen molar-refractivity contribution in [2.24, 2.45) is 0 Å². The average molecular weight is 658 g/mol. The van der Waals surface area contributed by atoms with E-state index in [0.717, 1.165) is 22.3 Å². The standard InChI is InChI=1S/C42H40FNO5/c43-35-22-13-23-36-38(35)34(24-44-36)39-41(47-27-32-18-9-3-10-19-32)42(48-28-33-20-11-4-12-21-33)40(46-26-31-16-7-2-8-17-31)37(49-39)29-45-25-30-14-5-1-6-15-30/h1-24,37,39-42,44H,25-29H2/t37-,39+,40-,41+,42+/m1/s1. The molecule has 2 heterocycles. The molecule has 1 saturated heterocycles. The van der Waals surface area contributed by atoms with Gasteiger partial charge in [0, 0.05) is 22.7 Å². The number of fused-ring (bicyclic) bond motifs is 1. The molecule has 0 saturated carbocycles. The van der Waals surface area contributed by atoms with E-state index in [4.69, 9.17) is 23.7 Å². The van der Waals surface area contributed by atoms with Crippen molar-refractivity contribution >= 4 is 10.9 Å². The molecular weight excluding hydrogens is 617 g/mol. The number of halogens is 1. The molecular formula is C42H40FNO5. The summed E-state index contributed by atoms with van der Waals surface area (Å²) in [6.45, 7) is 1.61. The lowest BCUT2D eigenvalue weighted by Crippen LogP contribution is -2.58. The zero-order valence-corrected chi connectivity index (χ0v) is 27.2. The number of benzene rings is 5. The van der Waals surface area contributed by atoms with Crippen LogP contribution < -0.4 is 0 Å². The van der Waals surface area contributed by atoms with Crippen LogP contribution in [0.15, 0.2) is 146 Å². The fourth-order valence-electron chi connectivity index (χ4n) is 6.43. The second-order valence-electron chi connectivity index (χ2n) is 12.3. The van der Waals surface area contributed by atoms with E-state index in [1.807, 2.05) is 134 Å². The summed E-state index contributed by atoms with van der Waals surface area (Å²) >= 11 is 0. The van der Waals surface area contributed by atoms with Crippen molar-refractivity contribution in [3.05, 3.63) is 179 Å². The van der Waals surface area contributed by atoms with Gasteiger partial charge in [0.2, 0.25) is 0 Å². The van der Waals surface area contributed by atoms with Crippen molar-refractivity contribution in [2.45, 2.75) is 56.9 Å². The van der Waals surface area contributed by atoms with Crippen molar-refractivity contribution < 1.29 is 28.1 Å². The van der Waals surface area contributed by atoms with Crippen LogP contribution in [0.2, 0.25) is 0 Å². The van der Waals surface area contributed by atoms with Gasteiger partial charge in [-0.05, 0) is 34.4 Å². The molecule has 1 aromatic heterocycles. The highest BCUT2D eigenvalue weighted by Crippen LogP contribution is 2.41. The molecule has 0 spiro atoms. The number of ether oxygens (including phenoxy) is 5. The van der Waals surface area contributed by atoms with E-state index in [9.17, 15) is 0 Å². The molecule has 7 heteroatoms. The molecule has 7 rings (SSSR count). The number of nitrogens with one attached hydrogen (secondary N) is 1. The average Bonchev–Trinajstić information content (AvgIpc) is 3.60. The Bertz CT molecular complexity index is 1870. The van der Waals surface area contributed by atoms with Crippen LogP contribution in [-0.4, -0.2) is 36.0 Å². The normalized spacial score (nSPS) is 20.8. The first-order valence-electron chi connectivity index (χ1n) is 16.7. The Morgan fingerprint density at radius 3 is 1.57 bits per heavy atom. The molecule has 0 amide bonds. The van der Waals surface area contributed by atoms with Gasteiger partial charge in [-0.15, -0.1) is 0 Å². The maximum absolute atomic E-state index is 15.6. The Balaban J connectivity index is 1.27. The van der Waals surface area contributed by atoms with Gasteiger partial charge in [-0.25, -0.2) is 4.39 Å². The minimum atomic E-state index is -0.697. The summed E-state index contributed by atoms with van der Waals surface area (Å²) in [6.07, 6.45) is -1.28. The summed E-state index contributed by atoms with van der Waals surface area (Å²) < 4.78 is 49.2. The molecule has 49 heavy (non-hydrogen) atoms. The lowest BCUT2D eigenvalue weighted by molar-refractivity contribution is -0.274. The summed E-state index contributed by atoms with van der Waals surface area (Å²) in [5.41, 5.74) is 5.44. The second kappa shape index (κ2) is 16.2. The maximum atomic E-state index is 15.6. The third-order valence-electron chi connectivity index (χ3n) is 8.88. The Kier molecular flexibility index (Phi) is 10.9. The maximum Gasteiger partial charge on any atom is 0.132 e. The minimum absolute atomic E-state index is 0.228.